The number of thioether (sulfide) groups is 1. The van der Waals surface area contributed by atoms with E-state index in [0.29, 0.717) is 61.3 Å². The Labute approximate surface area is 617 Å². The molecule has 37 heteroatoms. The van der Waals surface area contributed by atoms with Crippen molar-refractivity contribution in [3.63, 3.8) is 0 Å². The Morgan fingerprint density at radius 1 is 0.557 bits per heavy atom. The van der Waals surface area contributed by atoms with Crippen LogP contribution in [0, 0.1) is 0 Å². The maximum atomic E-state index is 15.7. The molecule has 3 fully saturated rings. The van der Waals surface area contributed by atoms with Crippen molar-refractivity contribution in [2.45, 2.75) is 136 Å². The number of nitrogens with zero attached hydrogens (tertiary/aromatic N) is 3. The summed E-state index contributed by atoms with van der Waals surface area (Å²) >= 11 is 1.16. The van der Waals surface area contributed by atoms with Crippen molar-refractivity contribution < 1.29 is 77.3 Å². The molecule has 2 bridgehead atoms. The lowest BCUT2D eigenvalue weighted by molar-refractivity contribution is -0.142. The molecule has 560 valence electrons. The van der Waals surface area contributed by atoms with Gasteiger partial charge in [-0.25, -0.2) is 9.97 Å². The smallest absolute Gasteiger partial charge is 0.306 e. The average Bonchev–Trinajstić information content (AvgIpc) is 1.58. The van der Waals surface area contributed by atoms with Gasteiger partial charge in [-0.15, -0.1) is 11.8 Å². The van der Waals surface area contributed by atoms with Crippen molar-refractivity contribution in [2.24, 2.45) is 0 Å². The fraction of sp³-hybridized carbons (Fsp3) is 0.391. The number of hydrogen-bond acceptors (Lipinski definition) is 21. The SMILES string of the molecule is C[C@@H]1NC(=O)[C@@H]2CSS[C@H](NC(=O)[C@H](Cc3c[nH]c4ccccc34)NC[C@@](C)(C=O)NC[C@](C=O)(CC(=O)O)NC(=O)[C@H](CCC(=O)O)NC1=O)C(=O)N1CSC[C@H]1C(=O)N[C@@H](Cc1c[nH]cn1)C(=O)N[C@H](Cc1ccccc1)C(=O)N[C@@H](Cc1c[nH]cn1)C(=O)N[C@@H](Cc1c[nH]c3ccccc13)C(=O)N2. The number of carbonyl (C=O) groups excluding carboxylic acids is 12. The Balaban J connectivity index is 1.10. The topological polar surface area (TPSA) is 504 Å². The molecule has 0 spiro atoms. The Bertz CT molecular complexity index is 4370. The monoisotopic (exact) mass is 1510 g/mol. The van der Waals surface area contributed by atoms with Gasteiger partial charge in [-0.05, 0) is 55.5 Å². The lowest BCUT2D eigenvalue weighted by Crippen LogP contribution is -2.66. The first-order valence-electron chi connectivity index (χ1n) is 33.7. The molecule has 0 aliphatic carbocycles. The highest BCUT2D eigenvalue weighted by atomic mass is 33.1. The lowest BCUT2D eigenvalue weighted by atomic mass is 9.93. The van der Waals surface area contributed by atoms with E-state index in [4.69, 9.17) is 0 Å². The fourth-order valence-corrected chi connectivity index (χ4v) is 15.8. The number of aliphatic carboxylic acids is 2. The van der Waals surface area contributed by atoms with Crippen molar-refractivity contribution >= 4 is 139 Å². The van der Waals surface area contributed by atoms with Gasteiger partial charge >= 0.3 is 11.9 Å². The number of rotatable bonds is 17. The predicted molar refractivity (Wildman–Crippen MR) is 388 cm³/mol. The van der Waals surface area contributed by atoms with Crippen LogP contribution in [0.4, 0.5) is 0 Å². The molecule has 7 aromatic rings. The molecule has 3 aromatic carbocycles. The first kappa shape index (κ1) is 77.7. The zero-order valence-electron chi connectivity index (χ0n) is 57.3. The lowest BCUT2D eigenvalue weighted by Gasteiger charge is -2.35. The molecule has 4 aromatic heterocycles. The van der Waals surface area contributed by atoms with E-state index in [2.05, 4.69) is 88.4 Å². The van der Waals surface area contributed by atoms with Crippen LogP contribution < -0.4 is 58.5 Å². The summed E-state index contributed by atoms with van der Waals surface area (Å²) in [5, 5.41) is 49.4. The summed E-state index contributed by atoms with van der Waals surface area (Å²) in [7, 11) is 1.46. The number of carboxylic acids is 2. The summed E-state index contributed by atoms with van der Waals surface area (Å²) in [6.45, 7) is 1.24. The van der Waals surface area contributed by atoms with Crippen LogP contribution in [-0.2, 0) is 99.2 Å². The zero-order valence-corrected chi connectivity index (χ0v) is 59.7. The van der Waals surface area contributed by atoms with Crippen molar-refractivity contribution in [1.82, 2.24) is 93.3 Å². The van der Waals surface area contributed by atoms with E-state index in [0.717, 1.165) is 22.6 Å². The third-order valence-electron chi connectivity index (χ3n) is 18.1. The summed E-state index contributed by atoms with van der Waals surface area (Å²) in [6, 6.07) is 8.52. The largest absolute Gasteiger partial charge is 0.481 e. The van der Waals surface area contributed by atoms with Gasteiger partial charge in [0.15, 0.2) is 5.37 Å². The molecule has 0 unspecified atom stereocenters. The second-order valence-corrected chi connectivity index (χ2v) is 29.6. The normalized spacial score (nSPS) is 26.3. The van der Waals surface area contributed by atoms with Crippen molar-refractivity contribution in [3.05, 3.63) is 144 Å². The average molecular weight is 1510 g/mol. The number of aromatic amines is 4. The van der Waals surface area contributed by atoms with E-state index in [1.165, 1.54) is 43.8 Å². The summed E-state index contributed by atoms with van der Waals surface area (Å²) in [6.07, 6.45) is 5.70. The third kappa shape index (κ3) is 20.3. The van der Waals surface area contributed by atoms with E-state index in [-0.39, 0.29) is 55.7 Å². The number of hydrogen-bond donors (Lipinski definition) is 17. The van der Waals surface area contributed by atoms with Crippen LogP contribution >= 0.6 is 33.3 Å². The first-order valence-corrected chi connectivity index (χ1v) is 37.3. The summed E-state index contributed by atoms with van der Waals surface area (Å²) < 4.78 is 0. The maximum absolute atomic E-state index is 15.7. The number of para-hydroxylation sites is 2. The molecule has 10 rings (SSSR count). The molecule has 12 atom stereocenters. The minimum absolute atomic E-state index is 0.0467. The number of carboxylic acid groups (broad SMARTS) is 2. The van der Waals surface area contributed by atoms with Crippen LogP contribution in [0.15, 0.2) is 116 Å². The molecule has 17 N–H and O–H groups in total. The molecule has 3 saturated heterocycles. The molecule has 3 aliphatic rings. The third-order valence-corrected chi connectivity index (χ3v) is 21.7. The van der Waals surface area contributed by atoms with E-state index in [1.807, 2.05) is 0 Å². The molecule has 0 saturated carbocycles. The molecule has 106 heavy (non-hydrogen) atoms. The van der Waals surface area contributed by atoms with Gasteiger partial charge in [0.1, 0.15) is 66.4 Å². The van der Waals surface area contributed by atoms with Crippen LogP contribution in [0.2, 0.25) is 0 Å². The highest BCUT2D eigenvalue weighted by molar-refractivity contribution is 8.77. The number of benzene rings is 3. The molecule has 34 nitrogen and oxygen atoms in total. The summed E-state index contributed by atoms with van der Waals surface area (Å²) in [4.78, 5) is 224. The van der Waals surface area contributed by atoms with Crippen LogP contribution in [0.25, 0.3) is 21.8 Å². The van der Waals surface area contributed by atoms with E-state index >= 15 is 38.4 Å². The number of H-pyrrole nitrogens is 4. The number of nitrogens with one attached hydrogen (secondary N) is 15. The van der Waals surface area contributed by atoms with Gasteiger partial charge < -0.3 is 103 Å². The Kier molecular flexibility index (Phi) is 26.2. The van der Waals surface area contributed by atoms with Crippen LogP contribution in [0.3, 0.4) is 0 Å². The zero-order chi connectivity index (χ0) is 75.7. The fourth-order valence-electron chi connectivity index (χ4n) is 12.2. The number of aromatic nitrogens is 6. The van der Waals surface area contributed by atoms with Gasteiger partial charge in [-0.2, -0.15) is 0 Å². The second kappa shape index (κ2) is 35.7. The number of imidazole rings is 2. The Morgan fingerprint density at radius 2 is 1.09 bits per heavy atom. The maximum Gasteiger partial charge on any atom is 0.306 e. The first-order chi connectivity index (χ1) is 50.9. The Morgan fingerprint density at radius 3 is 1.66 bits per heavy atom. The van der Waals surface area contributed by atoms with Crippen LogP contribution in [0.1, 0.15) is 61.2 Å². The van der Waals surface area contributed by atoms with E-state index in [9.17, 15) is 39.0 Å². The van der Waals surface area contributed by atoms with Gasteiger partial charge in [-0.1, -0.05) is 88.3 Å². The van der Waals surface area contributed by atoms with Gasteiger partial charge in [-0.3, -0.25) is 57.5 Å². The van der Waals surface area contributed by atoms with Crippen LogP contribution in [0.5, 0.6) is 0 Å². The minimum atomic E-state index is -2.43. The van der Waals surface area contributed by atoms with Crippen molar-refractivity contribution in [3.8, 4) is 0 Å². The Hall–Kier alpha value is -10.9. The van der Waals surface area contributed by atoms with E-state index in [1.54, 1.807) is 91.3 Å². The summed E-state index contributed by atoms with van der Waals surface area (Å²) in [5.74, 6) is -13.6. The number of fused-ring (bicyclic) bond motifs is 7. The van der Waals surface area contributed by atoms with Gasteiger partial charge in [0, 0.05) is 103 Å². The standard InChI is InChI=1S/C69H80N18O16S3/c1-37-57(94)79-47(16-17-55(90)91)64(101)86-69(33-89,23-56(92)93)31-77-68(2,32-88)30-74-48(19-39-24-72-45-14-8-6-12-43(39)45)58(95)85-66-67(103)87-36-104-29-54(87)65(102)83-52(22-42-27-71-35-76-42)62(99)80-49(18-38-10-4-3-5-11-38)59(96)82-51(21-41-26-70-34-75-41)61(98)81-50(20-40-25-73-46-15-9-7-13-44(40)46)60(97)84-53(28-105-106-66)63(100)78-37/h3-15,24-27,32-35,37,47-54,66,72-74,77H,16-23,28-31,36H2,1-2H3,(H,70,75)(H,71,76)(H,78,100)(H,79,94)(H,80,99)(H,81,98)(H,82,96)(H,83,102)(H,84,97)(H,85,95)(H,86,101)(H,90,91)(H,92,93)/t37-,47-,48-,49+,50-,51-,52-,53-,54-,66-,68-,69-/m0/s1. The highest BCUT2D eigenvalue weighted by Gasteiger charge is 2.44. The molecular formula is C69H80N18O16S3. The predicted octanol–water partition coefficient (Wildman–Crippen LogP) is -1.33. The van der Waals surface area contributed by atoms with Crippen molar-refractivity contribution in [1.29, 1.82) is 0 Å². The van der Waals surface area contributed by atoms with E-state index < -0.39 is 180 Å². The van der Waals surface area contributed by atoms with Gasteiger partial charge in [0.05, 0.1) is 47.9 Å². The molecule has 7 heterocycles. The molecule has 3 aliphatic heterocycles. The number of aldehydes is 2. The highest BCUT2D eigenvalue weighted by Crippen LogP contribution is 2.32. The number of amides is 10. The molecule has 10 amide bonds. The van der Waals surface area contributed by atoms with Crippen molar-refractivity contribution in [2.75, 3.05) is 30.5 Å². The molecule has 0 radical (unpaired) electrons. The van der Waals surface area contributed by atoms with Crippen LogP contribution in [-0.4, -0.2) is 230 Å². The number of carbonyl (C=O) groups is 14. The van der Waals surface area contributed by atoms with Gasteiger partial charge in [0.2, 0.25) is 53.2 Å². The second-order valence-electron chi connectivity index (χ2n) is 26.1. The minimum Gasteiger partial charge on any atom is -0.481 e. The molecular weight excluding hydrogens is 1430 g/mol. The quantitative estimate of drug-likeness (QED) is 0.0371. The summed E-state index contributed by atoms with van der Waals surface area (Å²) in [5.41, 5.74) is -0.748. The van der Waals surface area contributed by atoms with Gasteiger partial charge in [0.25, 0.3) is 5.91 Å².